The fourth-order valence-corrected chi connectivity index (χ4v) is 3.72. The standard InChI is InChI=1S/C22H25N5O2/c1-29-21-11-10-17(15-24-21)27-20(18-9-5-6-12-23-18)13-19(26-27)22(28)25-14-16-7-3-2-4-8-16/h5-6,9-13,15-16H,2-4,7-8,14H2,1H3,(H,25,28). The SMILES string of the molecule is COc1ccc(-n2nc(C(=O)NCC3CCCCC3)cc2-c2ccccn2)cn1. The highest BCUT2D eigenvalue weighted by atomic mass is 16.5. The van der Waals surface area contributed by atoms with Gasteiger partial charge in [-0.15, -0.1) is 0 Å². The molecule has 1 saturated carbocycles. The molecule has 3 aromatic rings. The fourth-order valence-electron chi connectivity index (χ4n) is 3.72. The van der Waals surface area contributed by atoms with Crippen LogP contribution in [0.2, 0.25) is 0 Å². The molecule has 1 aliphatic carbocycles. The highest BCUT2D eigenvalue weighted by Crippen LogP contribution is 2.24. The van der Waals surface area contributed by atoms with E-state index in [0.29, 0.717) is 24.0 Å². The minimum absolute atomic E-state index is 0.159. The first-order valence-electron chi connectivity index (χ1n) is 10.0. The highest BCUT2D eigenvalue weighted by Gasteiger charge is 2.19. The lowest BCUT2D eigenvalue weighted by atomic mass is 9.89. The van der Waals surface area contributed by atoms with Crippen LogP contribution >= 0.6 is 0 Å². The van der Waals surface area contributed by atoms with Gasteiger partial charge in [0.05, 0.1) is 30.4 Å². The Morgan fingerprint density at radius 2 is 2.03 bits per heavy atom. The number of pyridine rings is 2. The summed E-state index contributed by atoms with van der Waals surface area (Å²) in [6.45, 7) is 0.703. The Bertz CT molecular complexity index is 947. The monoisotopic (exact) mass is 391 g/mol. The van der Waals surface area contributed by atoms with Crippen LogP contribution in [0.1, 0.15) is 42.6 Å². The number of hydrogen-bond acceptors (Lipinski definition) is 5. The highest BCUT2D eigenvalue weighted by molar-refractivity contribution is 5.93. The van der Waals surface area contributed by atoms with E-state index in [1.165, 1.54) is 32.1 Å². The van der Waals surface area contributed by atoms with Gasteiger partial charge in [0.2, 0.25) is 5.88 Å². The van der Waals surface area contributed by atoms with Gasteiger partial charge in [0.1, 0.15) is 0 Å². The summed E-state index contributed by atoms with van der Waals surface area (Å²) < 4.78 is 6.83. The van der Waals surface area contributed by atoms with Crippen LogP contribution in [-0.2, 0) is 0 Å². The normalized spacial score (nSPS) is 14.5. The van der Waals surface area contributed by atoms with Gasteiger partial charge in [-0.3, -0.25) is 9.78 Å². The molecule has 0 radical (unpaired) electrons. The first-order chi connectivity index (χ1) is 14.2. The Morgan fingerprint density at radius 3 is 2.72 bits per heavy atom. The van der Waals surface area contributed by atoms with Crippen molar-refractivity contribution in [1.82, 2.24) is 25.1 Å². The molecule has 1 amide bonds. The topological polar surface area (TPSA) is 81.9 Å². The van der Waals surface area contributed by atoms with Gasteiger partial charge in [-0.2, -0.15) is 5.10 Å². The Morgan fingerprint density at radius 1 is 1.17 bits per heavy atom. The largest absolute Gasteiger partial charge is 0.481 e. The van der Waals surface area contributed by atoms with Crippen molar-refractivity contribution in [2.75, 3.05) is 13.7 Å². The van der Waals surface area contributed by atoms with Crippen molar-refractivity contribution < 1.29 is 9.53 Å². The number of methoxy groups -OCH3 is 1. The molecule has 0 unspecified atom stereocenters. The van der Waals surface area contributed by atoms with E-state index in [1.54, 1.807) is 36.3 Å². The molecule has 1 fully saturated rings. The molecule has 1 N–H and O–H groups in total. The van der Waals surface area contributed by atoms with Crippen LogP contribution in [0.3, 0.4) is 0 Å². The fraction of sp³-hybridized carbons (Fsp3) is 0.364. The second-order valence-corrected chi connectivity index (χ2v) is 7.31. The Balaban J connectivity index is 1.61. The summed E-state index contributed by atoms with van der Waals surface area (Å²) in [5.41, 5.74) is 2.58. The zero-order valence-corrected chi connectivity index (χ0v) is 16.5. The van der Waals surface area contributed by atoms with E-state index in [9.17, 15) is 4.79 Å². The number of hydrogen-bond donors (Lipinski definition) is 1. The lowest BCUT2D eigenvalue weighted by Gasteiger charge is -2.21. The zero-order chi connectivity index (χ0) is 20.1. The first-order valence-corrected chi connectivity index (χ1v) is 10.0. The van der Waals surface area contributed by atoms with Crippen molar-refractivity contribution in [3.05, 3.63) is 54.5 Å². The first kappa shape index (κ1) is 19.1. The summed E-state index contributed by atoms with van der Waals surface area (Å²) in [6, 6.07) is 11.1. The van der Waals surface area contributed by atoms with E-state index >= 15 is 0 Å². The summed E-state index contributed by atoms with van der Waals surface area (Å²) in [7, 11) is 1.57. The molecule has 3 heterocycles. The molecule has 0 bridgehead atoms. The zero-order valence-electron chi connectivity index (χ0n) is 16.5. The number of carbonyl (C=O) groups excluding carboxylic acids is 1. The van der Waals surface area contributed by atoms with Gasteiger partial charge in [0.15, 0.2) is 5.69 Å². The second kappa shape index (κ2) is 8.86. The molecule has 0 aromatic carbocycles. The van der Waals surface area contributed by atoms with Crippen LogP contribution in [0.25, 0.3) is 17.1 Å². The maximum Gasteiger partial charge on any atom is 0.271 e. The molecule has 3 aromatic heterocycles. The van der Waals surface area contributed by atoms with E-state index in [-0.39, 0.29) is 5.91 Å². The van der Waals surface area contributed by atoms with Gasteiger partial charge in [0.25, 0.3) is 5.91 Å². The molecule has 0 atom stereocenters. The minimum atomic E-state index is -0.159. The van der Waals surface area contributed by atoms with E-state index in [0.717, 1.165) is 17.1 Å². The Labute approximate surface area is 170 Å². The van der Waals surface area contributed by atoms with E-state index in [4.69, 9.17) is 4.74 Å². The van der Waals surface area contributed by atoms with Crippen molar-refractivity contribution in [2.45, 2.75) is 32.1 Å². The molecule has 0 saturated heterocycles. The predicted octanol–water partition coefficient (Wildman–Crippen LogP) is 3.65. The quantitative estimate of drug-likeness (QED) is 0.694. The van der Waals surface area contributed by atoms with Gasteiger partial charge in [-0.25, -0.2) is 9.67 Å². The van der Waals surface area contributed by atoms with Gasteiger partial charge in [-0.05, 0) is 43.0 Å². The van der Waals surface area contributed by atoms with Crippen LogP contribution in [0, 0.1) is 5.92 Å². The van der Waals surface area contributed by atoms with Gasteiger partial charge < -0.3 is 10.1 Å². The molecule has 29 heavy (non-hydrogen) atoms. The van der Waals surface area contributed by atoms with Crippen LogP contribution in [0.5, 0.6) is 5.88 Å². The van der Waals surface area contributed by atoms with E-state index < -0.39 is 0 Å². The van der Waals surface area contributed by atoms with E-state index in [1.807, 2.05) is 24.3 Å². The lowest BCUT2D eigenvalue weighted by Crippen LogP contribution is -2.30. The maximum atomic E-state index is 12.8. The van der Waals surface area contributed by atoms with Gasteiger partial charge >= 0.3 is 0 Å². The molecule has 7 nitrogen and oxygen atoms in total. The molecule has 0 aliphatic heterocycles. The Kier molecular flexibility index (Phi) is 5.84. The average Bonchev–Trinajstić information content (AvgIpc) is 3.24. The number of rotatable bonds is 6. The molecule has 1 aliphatic rings. The van der Waals surface area contributed by atoms with Crippen LogP contribution in [0.15, 0.2) is 48.8 Å². The summed E-state index contributed by atoms with van der Waals surface area (Å²) in [6.07, 6.45) is 9.58. The Hall–Kier alpha value is -3.22. The third-order valence-electron chi connectivity index (χ3n) is 5.32. The summed E-state index contributed by atoms with van der Waals surface area (Å²) in [5, 5.41) is 7.62. The molecule has 150 valence electrons. The van der Waals surface area contributed by atoms with E-state index in [2.05, 4.69) is 20.4 Å². The number of nitrogens with zero attached hydrogens (tertiary/aromatic N) is 4. The molecule has 7 heteroatoms. The third-order valence-corrected chi connectivity index (χ3v) is 5.32. The molecule has 0 spiro atoms. The lowest BCUT2D eigenvalue weighted by molar-refractivity contribution is 0.0938. The van der Waals surface area contributed by atoms with Crippen molar-refractivity contribution in [1.29, 1.82) is 0 Å². The number of nitrogens with one attached hydrogen (secondary N) is 1. The molecular formula is C22H25N5O2. The van der Waals surface area contributed by atoms with Crippen molar-refractivity contribution in [3.8, 4) is 23.0 Å². The minimum Gasteiger partial charge on any atom is -0.481 e. The smallest absolute Gasteiger partial charge is 0.271 e. The second-order valence-electron chi connectivity index (χ2n) is 7.31. The summed E-state index contributed by atoms with van der Waals surface area (Å²) >= 11 is 0. The number of aromatic nitrogens is 4. The summed E-state index contributed by atoms with van der Waals surface area (Å²) in [4.78, 5) is 21.5. The van der Waals surface area contributed by atoms with Crippen LogP contribution < -0.4 is 10.1 Å². The predicted molar refractivity (Wildman–Crippen MR) is 110 cm³/mol. The van der Waals surface area contributed by atoms with Crippen LogP contribution in [-0.4, -0.2) is 39.3 Å². The maximum absolute atomic E-state index is 12.8. The average molecular weight is 391 g/mol. The summed E-state index contributed by atoms with van der Waals surface area (Å²) in [5.74, 6) is 0.926. The van der Waals surface area contributed by atoms with Crippen molar-refractivity contribution in [3.63, 3.8) is 0 Å². The molecular weight excluding hydrogens is 366 g/mol. The van der Waals surface area contributed by atoms with Crippen molar-refractivity contribution in [2.24, 2.45) is 5.92 Å². The third kappa shape index (κ3) is 4.45. The van der Waals surface area contributed by atoms with Gasteiger partial charge in [-0.1, -0.05) is 25.3 Å². The van der Waals surface area contributed by atoms with Crippen molar-refractivity contribution >= 4 is 5.91 Å². The number of amides is 1. The van der Waals surface area contributed by atoms with Gasteiger partial charge in [0, 0.05) is 18.8 Å². The number of carbonyl (C=O) groups is 1. The van der Waals surface area contributed by atoms with Crippen LogP contribution in [0.4, 0.5) is 0 Å². The number of ether oxygens (including phenoxy) is 1. The molecule has 4 rings (SSSR count).